The zero-order valence-electron chi connectivity index (χ0n) is 16.5. The quantitative estimate of drug-likeness (QED) is 0.436. The van der Waals surface area contributed by atoms with Crippen LogP contribution in [0.2, 0.25) is 0 Å². The number of methoxy groups -OCH3 is 1. The largest absolute Gasteiger partial charge is 0.507 e. The number of aliphatic hydroxyl groups excluding tert-OH is 1. The lowest BCUT2D eigenvalue weighted by Crippen LogP contribution is -2.32. The normalized spacial score (nSPS) is 18.7. The number of aliphatic hydroxyl groups is 1. The van der Waals surface area contributed by atoms with E-state index in [4.69, 9.17) is 9.15 Å². The summed E-state index contributed by atoms with van der Waals surface area (Å²) >= 11 is 0. The monoisotopic (exact) mass is 402 g/mol. The van der Waals surface area contributed by atoms with Crippen molar-refractivity contribution in [1.82, 2.24) is 9.80 Å². The Labute approximate surface area is 168 Å². The number of furan rings is 1. The number of hydrogen-bond donors (Lipinski definition) is 1. The lowest BCUT2D eigenvalue weighted by Gasteiger charge is -2.24. The first-order valence-electron chi connectivity index (χ1n) is 9.15. The van der Waals surface area contributed by atoms with Gasteiger partial charge in [-0.25, -0.2) is 4.39 Å². The number of hydrogen-bond acceptors (Lipinski definition) is 6. The Morgan fingerprint density at radius 3 is 2.69 bits per heavy atom. The fourth-order valence-electron chi connectivity index (χ4n) is 3.42. The van der Waals surface area contributed by atoms with Gasteiger partial charge in [-0.3, -0.25) is 9.59 Å². The maximum absolute atomic E-state index is 13.8. The van der Waals surface area contributed by atoms with Crippen LogP contribution in [0.1, 0.15) is 23.8 Å². The standard InChI is InChI=1S/C21H23FN2O5/c1-23(2)9-5-10-24-18(16-6-4-11-29-16)17(20(26)21(24)27)19(25)14-12-13(22)7-8-15(14)28-3/h4,6-8,11-12,18,25H,5,9-10H2,1-3H3. The molecule has 1 aromatic heterocycles. The van der Waals surface area contributed by atoms with E-state index >= 15 is 0 Å². The lowest BCUT2D eigenvalue weighted by molar-refractivity contribution is -0.140. The molecule has 1 aliphatic rings. The molecule has 8 heteroatoms. The van der Waals surface area contributed by atoms with Gasteiger partial charge in [0.15, 0.2) is 0 Å². The van der Waals surface area contributed by atoms with Crippen molar-refractivity contribution < 1.29 is 28.2 Å². The van der Waals surface area contributed by atoms with Crippen LogP contribution in [-0.2, 0) is 9.59 Å². The summed E-state index contributed by atoms with van der Waals surface area (Å²) in [6.45, 7) is 1.01. The summed E-state index contributed by atoms with van der Waals surface area (Å²) in [6.07, 6.45) is 2.05. The van der Waals surface area contributed by atoms with Crippen molar-refractivity contribution in [2.24, 2.45) is 0 Å². The van der Waals surface area contributed by atoms with Gasteiger partial charge in [0.1, 0.15) is 29.1 Å². The minimum Gasteiger partial charge on any atom is -0.507 e. The number of carbonyl (C=O) groups is 2. The molecule has 0 bridgehead atoms. The summed E-state index contributed by atoms with van der Waals surface area (Å²) in [5, 5.41) is 10.9. The van der Waals surface area contributed by atoms with Gasteiger partial charge in [0, 0.05) is 6.54 Å². The SMILES string of the molecule is COc1ccc(F)cc1C(O)=C1C(=O)C(=O)N(CCCN(C)C)C1c1ccco1. The highest BCUT2D eigenvalue weighted by atomic mass is 19.1. The van der Waals surface area contributed by atoms with Gasteiger partial charge in [-0.05, 0) is 57.4 Å². The summed E-state index contributed by atoms with van der Waals surface area (Å²) in [5.74, 6) is -2.17. The van der Waals surface area contributed by atoms with Crippen LogP contribution >= 0.6 is 0 Å². The molecule has 1 amide bonds. The third kappa shape index (κ3) is 4.02. The predicted molar refractivity (Wildman–Crippen MR) is 104 cm³/mol. The van der Waals surface area contributed by atoms with Crippen LogP contribution in [0, 0.1) is 5.82 Å². The van der Waals surface area contributed by atoms with Crippen LogP contribution in [0.5, 0.6) is 5.75 Å². The Bertz CT molecular complexity index is 937. The van der Waals surface area contributed by atoms with Gasteiger partial charge < -0.3 is 24.1 Å². The number of rotatable bonds is 7. The van der Waals surface area contributed by atoms with Crippen LogP contribution in [0.3, 0.4) is 0 Å². The number of carbonyl (C=O) groups excluding carboxylic acids is 2. The van der Waals surface area contributed by atoms with Gasteiger partial charge >= 0.3 is 0 Å². The zero-order valence-corrected chi connectivity index (χ0v) is 16.5. The molecule has 3 rings (SSSR count). The highest BCUT2D eigenvalue weighted by Gasteiger charge is 2.47. The van der Waals surface area contributed by atoms with Crippen molar-refractivity contribution >= 4 is 17.4 Å². The van der Waals surface area contributed by atoms with Gasteiger partial charge in [-0.1, -0.05) is 0 Å². The topological polar surface area (TPSA) is 83.2 Å². The minimum absolute atomic E-state index is 0.00431. The fourth-order valence-corrected chi connectivity index (χ4v) is 3.42. The Morgan fingerprint density at radius 1 is 1.31 bits per heavy atom. The van der Waals surface area contributed by atoms with E-state index in [1.54, 1.807) is 12.1 Å². The number of amides is 1. The van der Waals surface area contributed by atoms with Gasteiger partial charge in [0.05, 0.1) is 24.5 Å². The van der Waals surface area contributed by atoms with Crippen molar-refractivity contribution in [3.8, 4) is 5.75 Å². The summed E-state index contributed by atoms with van der Waals surface area (Å²) in [4.78, 5) is 28.9. The second kappa shape index (κ2) is 8.48. The van der Waals surface area contributed by atoms with Crippen LogP contribution < -0.4 is 4.74 Å². The molecule has 29 heavy (non-hydrogen) atoms. The zero-order chi connectivity index (χ0) is 21.1. The van der Waals surface area contributed by atoms with Crippen LogP contribution in [0.25, 0.3) is 5.76 Å². The number of halogens is 1. The van der Waals surface area contributed by atoms with Crippen molar-refractivity contribution in [2.75, 3.05) is 34.3 Å². The third-order valence-corrected chi connectivity index (χ3v) is 4.77. The maximum atomic E-state index is 13.8. The minimum atomic E-state index is -0.903. The number of ether oxygens (including phenoxy) is 1. The average molecular weight is 402 g/mol. The molecule has 0 radical (unpaired) electrons. The molecule has 1 saturated heterocycles. The second-order valence-corrected chi connectivity index (χ2v) is 7.01. The van der Waals surface area contributed by atoms with Gasteiger partial charge in [0.25, 0.3) is 11.7 Å². The fraction of sp³-hybridized carbons (Fsp3) is 0.333. The van der Waals surface area contributed by atoms with E-state index in [9.17, 15) is 19.1 Å². The van der Waals surface area contributed by atoms with Gasteiger partial charge in [-0.15, -0.1) is 0 Å². The summed E-state index contributed by atoms with van der Waals surface area (Å²) < 4.78 is 24.5. The molecule has 0 saturated carbocycles. The molecule has 2 heterocycles. The van der Waals surface area contributed by atoms with Gasteiger partial charge in [0.2, 0.25) is 0 Å². The first-order valence-corrected chi connectivity index (χ1v) is 9.15. The van der Waals surface area contributed by atoms with Crippen LogP contribution in [-0.4, -0.2) is 60.9 Å². The molecule has 1 aliphatic heterocycles. The summed E-state index contributed by atoms with van der Waals surface area (Å²) in [6, 6.07) is 5.95. The molecule has 154 valence electrons. The third-order valence-electron chi connectivity index (χ3n) is 4.77. The molecule has 1 unspecified atom stereocenters. The number of Topliss-reactive ketones (excluding diaryl/α,β-unsaturated/α-hetero) is 1. The Hall–Kier alpha value is -3.13. The first-order chi connectivity index (χ1) is 13.8. The van der Waals surface area contributed by atoms with E-state index in [1.165, 1.54) is 30.4 Å². The number of benzene rings is 1. The Kier molecular flexibility index (Phi) is 6.03. The number of ketones is 1. The smallest absolute Gasteiger partial charge is 0.295 e. The highest BCUT2D eigenvalue weighted by molar-refractivity contribution is 6.46. The number of nitrogens with zero attached hydrogens (tertiary/aromatic N) is 2. The molecule has 0 spiro atoms. The van der Waals surface area contributed by atoms with E-state index in [0.29, 0.717) is 25.3 Å². The van der Waals surface area contributed by atoms with Crippen LogP contribution in [0.15, 0.2) is 46.6 Å². The molecular formula is C21H23FN2O5. The number of likely N-dealkylation sites (tertiary alicyclic amines) is 1. The highest BCUT2D eigenvalue weighted by Crippen LogP contribution is 2.41. The van der Waals surface area contributed by atoms with Crippen molar-refractivity contribution in [3.05, 3.63) is 59.3 Å². The van der Waals surface area contributed by atoms with E-state index in [0.717, 1.165) is 6.07 Å². The van der Waals surface area contributed by atoms with Crippen molar-refractivity contribution in [2.45, 2.75) is 12.5 Å². The Balaban J connectivity index is 2.10. The van der Waals surface area contributed by atoms with E-state index < -0.39 is 29.3 Å². The Morgan fingerprint density at radius 2 is 2.07 bits per heavy atom. The molecule has 0 aliphatic carbocycles. The second-order valence-electron chi connectivity index (χ2n) is 7.01. The molecule has 2 aromatic rings. The van der Waals surface area contributed by atoms with E-state index in [1.807, 2.05) is 19.0 Å². The predicted octanol–water partition coefficient (Wildman–Crippen LogP) is 2.80. The molecular weight excluding hydrogens is 379 g/mol. The molecule has 1 aromatic carbocycles. The molecule has 1 atom stereocenters. The summed E-state index contributed by atoms with van der Waals surface area (Å²) in [5.41, 5.74) is -0.158. The van der Waals surface area contributed by atoms with Gasteiger partial charge in [-0.2, -0.15) is 0 Å². The van der Waals surface area contributed by atoms with Crippen LogP contribution in [0.4, 0.5) is 4.39 Å². The lowest BCUT2D eigenvalue weighted by atomic mass is 9.98. The van der Waals surface area contributed by atoms with Crippen molar-refractivity contribution in [1.29, 1.82) is 0 Å². The molecule has 1 fully saturated rings. The average Bonchev–Trinajstić information content (AvgIpc) is 3.29. The summed E-state index contributed by atoms with van der Waals surface area (Å²) in [7, 11) is 5.19. The van der Waals surface area contributed by atoms with E-state index in [-0.39, 0.29) is 16.9 Å². The van der Waals surface area contributed by atoms with E-state index in [2.05, 4.69) is 0 Å². The molecule has 1 N–H and O–H groups in total. The first kappa shape index (κ1) is 20.6. The van der Waals surface area contributed by atoms with Crippen molar-refractivity contribution in [3.63, 3.8) is 0 Å². The molecule has 7 nitrogen and oxygen atoms in total. The maximum Gasteiger partial charge on any atom is 0.295 e.